The zero-order valence-corrected chi connectivity index (χ0v) is 19.7. The van der Waals surface area contributed by atoms with E-state index in [4.69, 9.17) is 0 Å². The number of aromatic nitrogens is 2. The van der Waals surface area contributed by atoms with Crippen molar-refractivity contribution in [2.75, 3.05) is 5.32 Å². The van der Waals surface area contributed by atoms with E-state index in [1.165, 1.54) is 24.0 Å². The lowest BCUT2D eigenvalue weighted by molar-refractivity contribution is 0.0923. The molecule has 6 heteroatoms. The molecule has 5 nitrogen and oxygen atoms in total. The van der Waals surface area contributed by atoms with Crippen molar-refractivity contribution in [2.24, 2.45) is 11.3 Å². The lowest BCUT2D eigenvalue weighted by Crippen LogP contribution is -2.33. The van der Waals surface area contributed by atoms with Gasteiger partial charge in [0.25, 0.3) is 5.91 Å². The molecule has 3 atom stereocenters. The highest BCUT2D eigenvalue weighted by Gasteiger charge is 2.44. The maximum atomic E-state index is 13.3. The molecule has 2 aliphatic rings. The number of nitrogens with one attached hydrogen (secondary N) is 2. The van der Waals surface area contributed by atoms with Crippen LogP contribution in [0.2, 0.25) is 0 Å². The number of hydrogen-bond acceptors (Lipinski definition) is 4. The lowest BCUT2D eigenvalue weighted by Gasteiger charge is -2.37. The van der Waals surface area contributed by atoms with Crippen molar-refractivity contribution in [3.63, 3.8) is 0 Å². The van der Waals surface area contributed by atoms with Gasteiger partial charge in [0, 0.05) is 23.8 Å². The number of carbonyl (C=O) groups excluding carboxylic acids is 1. The number of nitrogens with zero attached hydrogens (tertiary/aromatic N) is 2. The molecule has 1 unspecified atom stereocenters. The predicted molar refractivity (Wildman–Crippen MR) is 135 cm³/mol. The first kappa shape index (κ1) is 23.0. The zero-order chi connectivity index (χ0) is 24.3. The van der Waals surface area contributed by atoms with Gasteiger partial charge in [0.2, 0.25) is 0 Å². The highest BCUT2D eigenvalue weighted by atomic mass is 19.1. The molecule has 0 saturated heterocycles. The van der Waals surface area contributed by atoms with Crippen molar-refractivity contribution in [3.8, 4) is 0 Å². The molecule has 1 aromatic heterocycles. The highest BCUT2D eigenvalue weighted by molar-refractivity contribution is 5.93. The van der Waals surface area contributed by atoms with E-state index in [-0.39, 0.29) is 23.2 Å². The van der Waals surface area contributed by atoms with Gasteiger partial charge in [-0.1, -0.05) is 48.9 Å². The van der Waals surface area contributed by atoms with Crippen LogP contribution in [0.25, 0.3) is 0 Å². The standard InChI is InChI=1S/C29H29FN4O/c1-29-14-13-26(33-25-11-9-24(30)10-12-25)15-22(29)7-8-23(29)16-27(20-5-3-2-4-6-20)34-28(35)21-17-31-19-32-18-21/h2-6,9-13,15,17-19,23,27,33H,7-8,14,16H2,1H3,(H,34,35)/t23-,27?,29+/m1/s1. The van der Waals surface area contributed by atoms with Crippen molar-refractivity contribution in [2.45, 2.75) is 38.6 Å². The first-order chi connectivity index (χ1) is 17.0. The number of amides is 1. The maximum Gasteiger partial charge on any atom is 0.254 e. The third kappa shape index (κ3) is 5.02. The Morgan fingerprint density at radius 1 is 1.11 bits per heavy atom. The molecule has 1 heterocycles. The Morgan fingerprint density at radius 2 is 1.86 bits per heavy atom. The fourth-order valence-corrected chi connectivity index (χ4v) is 5.37. The van der Waals surface area contributed by atoms with Crippen LogP contribution in [0, 0.1) is 17.2 Å². The Balaban J connectivity index is 1.32. The zero-order valence-electron chi connectivity index (χ0n) is 19.7. The molecule has 1 saturated carbocycles. The molecule has 178 valence electrons. The van der Waals surface area contributed by atoms with Gasteiger partial charge in [-0.25, -0.2) is 14.4 Å². The number of hydrogen-bond donors (Lipinski definition) is 2. The van der Waals surface area contributed by atoms with Crippen molar-refractivity contribution < 1.29 is 9.18 Å². The molecule has 0 bridgehead atoms. The lowest BCUT2D eigenvalue weighted by atomic mass is 9.69. The molecular formula is C29H29FN4O. The summed E-state index contributed by atoms with van der Waals surface area (Å²) < 4.78 is 13.3. The normalized spacial score (nSPS) is 21.9. The fraction of sp³-hybridized carbons (Fsp3) is 0.276. The van der Waals surface area contributed by atoms with Crippen molar-refractivity contribution >= 4 is 11.6 Å². The van der Waals surface area contributed by atoms with Gasteiger partial charge in [0.1, 0.15) is 12.1 Å². The van der Waals surface area contributed by atoms with Crippen molar-refractivity contribution in [3.05, 3.63) is 114 Å². The molecule has 0 radical (unpaired) electrons. The fourth-order valence-electron chi connectivity index (χ4n) is 5.37. The van der Waals surface area contributed by atoms with Crippen molar-refractivity contribution in [1.29, 1.82) is 0 Å². The molecule has 2 aromatic carbocycles. The average Bonchev–Trinajstić information content (AvgIpc) is 3.21. The van der Waals surface area contributed by atoms with Crippen LogP contribution in [0.3, 0.4) is 0 Å². The molecule has 2 aliphatic carbocycles. The second-order valence-electron chi connectivity index (χ2n) is 9.62. The number of rotatable bonds is 7. The summed E-state index contributed by atoms with van der Waals surface area (Å²) in [5.41, 5.74) is 4.98. The van der Waals surface area contributed by atoms with E-state index in [1.807, 2.05) is 18.2 Å². The summed E-state index contributed by atoms with van der Waals surface area (Å²) in [4.78, 5) is 20.9. The molecule has 0 aliphatic heterocycles. The quantitative estimate of drug-likeness (QED) is 0.432. The van der Waals surface area contributed by atoms with E-state index in [0.29, 0.717) is 11.5 Å². The van der Waals surface area contributed by atoms with Crippen molar-refractivity contribution in [1.82, 2.24) is 15.3 Å². The first-order valence-corrected chi connectivity index (χ1v) is 12.1. The van der Waals surface area contributed by atoms with Gasteiger partial charge in [-0.3, -0.25) is 4.79 Å². The van der Waals surface area contributed by atoms with Gasteiger partial charge < -0.3 is 10.6 Å². The molecule has 5 rings (SSSR count). The first-order valence-electron chi connectivity index (χ1n) is 12.1. The second-order valence-corrected chi connectivity index (χ2v) is 9.62. The van der Waals surface area contributed by atoms with Gasteiger partial charge in [0.15, 0.2) is 0 Å². The minimum absolute atomic E-state index is 0.0432. The molecule has 3 aromatic rings. The van der Waals surface area contributed by atoms with Crippen LogP contribution < -0.4 is 10.6 Å². The Bertz CT molecular complexity index is 1240. The van der Waals surface area contributed by atoms with Crippen LogP contribution in [0.4, 0.5) is 10.1 Å². The summed E-state index contributed by atoms with van der Waals surface area (Å²) in [6, 6.07) is 16.5. The largest absolute Gasteiger partial charge is 0.356 e. The minimum Gasteiger partial charge on any atom is -0.356 e. The molecular weight excluding hydrogens is 439 g/mol. The van der Waals surface area contributed by atoms with Gasteiger partial charge in [-0.2, -0.15) is 0 Å². The highest BCUT2D eigenvalue weighted by Crippen LogP contribution is 2.54. The van der Waals surface area contributed by atoms with E-state index in [0.717, 1.165) is 42.6 Å². The Kier molecular flexibility index (Phi) is 6.45. The van der Waals surface area contributed by atoms with Crippen LogP contribution in [0.5, 0.6) is 0 Å². The van der Waals surface area contributed by atoms with Crippen LogP contribution >= 0.6 is 0 Å². The van der Waals surface area contributed by atoms with E-state index in [1.54, 1.807) is 24.5 Å². The van der Waals surface area contributed by atoms with Gasteiger partial charge in [-0.15, -0.1) is 0 Å². The topological polar surface area (TPSA) is 66.9 Å². The summed E-state index contributed by atoms with van der Waals surface area (Å²) in [5.74, 6) is 0.0279. The monoisotopic (exact) mass is 468 g/mol. The SMILES string of the molecule is C[C@]12CC=C(Nc3ccc(F)cc3)C=C1CC[C@@H]2CC(NC(=O)c1cncnc1)c1ccccc1. The summed E-state index contributed by atoms with van der Waals surface area (Å²) in [7, 11) is 0. The second kappa shape index (κ2) is 9.82. The minimum atomic E-state index is -0.238. The molecule has 2 N–H and O–H groups in total. The van der Waals surface area contributed by atoms with E-state index in [2.05, 4.69) is 51.8 Å². The number of carbonyl (C=O) groups is 1. The number of anilines is 1. The van der Waals surface area contributed by atoms with Crippen LogP contribution in [-0.4, -0.2) is 15.9 Å². The Morgan fingerprint density at radius 3 is 2.60 bits per heavy atom. The molecule has 1 amide bonds. The smallest absolute Gasteiger partial charge is 0.254 e. The van der Waals surface area contributed by atoms with E-state index in [9.17, 15) is 9.18 Å². The molecule has 1 fully saturated rings. The Labute approximate surface area is 205 Å². The molecule has 35 heavy (non-hydrogen) atoms. The van der Waals surface area contributed by atoms with Crippen LogP contribution in [0.1, 0.15) is 54.6 Å². The average molecular weight is 469 g/mol. The Hall–Kier alpha value is -3.80. The molecule has 0 spiro atoms. The van der Waals surface area contributed by atoms with Gasteiger partial charge >= 0.3 is 0 Å². The summed E-state index contributed by atoms with van der Waals surface area (Å²) in [6.45, 7) is 2.34. The van der Waals surface area contributed by atoms with Gasteiger partial charge in [-0.05, 0) is 72.9 Å². The predicted octanol–water partition coefficient (Wildman–Crippen LogP) is 6.22. The maximum absolute atomic E-state index is 13.3. The summed E-state index contributed by atoms with van der Waals surface area (Å²) in [5, 5.41) is 6.65. The summed E-state index contributed by atoms with van der Waals surface area (Å²) >= 11 is 0. The van der Waals surface area contributed by atoms with E-state index < -0.39 is 0 Å². The van der Waals surface area contributed by atoms with Gasteiger partial charge in [0.05, 0.1) is 11.6 Å². The number of halogens is 1. The van der Waals surface area contributed by atoms with E-state index >= 15 is 0 Å². The third-order valence-electron chi connectivity index (χ3n) is 7.46. The summed E-state index contributed by atoms with van der Waals surface area (Å²) in [6.07, 6.45) is 12.9. The van der Waals surface area contributed by atoms with Crippen LogP contribution in [-0.2, 0) is 0 Å². The number of fused-ring (bicyclic) bond motifs is 1. The number of benzene rings is 2. The number of allylic oxidation sites excluding steroid dienone is 3. The van der Waals surface area contributed by atoms with Crippen LogP contribution in [0.15, 0.2) is 96.7 Å². The third-order valence-corrected chi connectivity index (χ3v) is 7.46.